The lowest BCUT2D eigenvalue weighted by Crippen LogP contribution is -2.06. The van der Waals surface area contributed by atoms with Gasteiger partial charge in [-0.15, -0.1) is 11.6 Å². The number of hydrogen-bond donors (Lipinski definition) is 0. The molecule has 0 saturated heterocycles. The maximum Gasteiger partial charge on any atom is 0.260 e. The first-order valence-electron chi connectivity index (χ1n) is 4.56. The van der Waals surface area contributed by atoms with Crippen molar-refractivity contribution in [1.82, 2.24) is 10.7 Å². The molecule has 0 bridgehead atoms. The van der Waals surface area contributed by atoms with E-state index in [9.17, 15) is 4.79 Å². The van der Waals surface area contributed by atoms with Crippen molar-refractivity contribution in [2.45, 2.75) is 5.38 Å². The number of aromatic nitrogens is 1. The highest BCUT2D eigenvalue weighted by molar-refractivity contribution is 6.30. The Balaban J connectivity index is 2.26. The quantitative estimate of drug-likeness (QED) is 0.768. The van der Waals surface area contributed by atoms with Gasteiger partial charge < -0.3 is 4.42 Å². The molecule has 81 valence electrons. The van der Waals surface area contributed by atoms with E-state index in [-0.39, 0.29) is 0 Å². The summed E-state index contributed by atoms with van der Waals surface area (Å²) in [6.45, 7) is 0. The topological polar surface area (TPSA) is 66.9 Å². The van der Waals surface area contributed by atoms with Crippen LogP contribution in [0.25, 0.3) is 11.3 Å². The van der Waals surface area contributed by atoms with E-state index >= 15 is 0 Å². The monoisotopic (exact) mass is 235 g/mol. The van der Waals surface area contributed by atoms with E-state index in [0.29, 0.717) is 5.56 Å². The molecule has 16 heavy (non-hydrogen) atoms. The predicted octanol–water partition coefficient (Wildman–Crippen LogP) is 2.43. The number of nitrogens with one attached hydrogen (secondary N) is 1. The van der Waals surface area contributed by atoms with Crippen LogP contribution >= 0.6 is 11.6 Å². The molecule has 1 atom stereocenters. The van der Waals surface area contributed by atoms with Crippen molar-refractivity contribution in [3.63, 3.8) is 0 Å². The number of amides is 1. The fraction of sp³-hybridized carbons (Fsp3) is 0.0909. The van der Waals surface area contributed by atoms with Gasteiger partial charge in [0.2, 0.25) is 0 Å². The first kappa shape index (κ1) is 10.7. The Hall–Kier alpha value is -1.81. The Kier molecular flexibility index (Phi) is 2.92. The summed E-state index contributed by atoms with van der Waals surface area (Å²) in [6, 6.07) is 6.97. The van der Waals surface area contributed by atoms with Crippen LogP contribution in [0, 0.1) is 0 Å². The van der Waals surface area contributed by atoms with Gasteiger partial charge in [-0.1, -0.05) is 24.3 Å². The second-order valence-electron chi connectivity index (χ2n) is 3.22. The molecule has 2 rings (SSSR count). The molecule has 1 aromatic carbocycles. The summed E-state index contributed by atoms with van der Waals surface area (Å²) in [4.78, 5) is 14.8. The largest absolute Gasteiger partial charge is 0.451 e. The first-order valence-corrected chi connectivity index (χ1v) is 5.00. The fourth-order valence-corrected chi connectivity index (χ4v) is 1.47. The first-order chi connectivity index (χ1) is 7.68. The van der Waals surface area contributed by atoms with Gasteiger partial charge in [0.15, 0.2) is 6.39 Å². The van der Waals surface area contributed by atoms with Gasteiger partial charge in [0.25, 0.3) is 5.91 Å². The summed E-state index contributed by atoms with van der Waals surface area (Å²) in [7, 11) is 0. The SMILES string of the molecule is [NH]C(=O)C(Cl)c1ccc(-c2cocn2)cc1. The lowest BCUT2D eigenvalue weighted by Gasteiger charge is -2.05. The highest BCUT2D eigenvalue weighted by Gasteiger charge is 2.14. The zero-order valence-electron chi connectivity index (χ0n) is 8.18. The molecule has 4 nitrogen and oxygen atoms in total. The molecule has 2 aromatic rings. The summed E-state index contributed by atoms with van der Waals surface area (Å²) in [5, 5.41) is -0.911. The second kappa shape index (κ2) is 4.37. The molecule has 1 unspecified atom stereocenters. The van der Waals surface area contributed by atoms with E-state index in [1.165, 1.54) is 12.7 Å². The summed E-state index contributed by atoms with van der Waals surface area (Å²) < 4.78 is 4.86. The van der Waals surface area contributed by atoms with Gasteiger partial charge in [0.05, 0.1) is 0 Å². The molecule has 0 spiro atoms. The lowest BCUT2D eigenvalue weighted by atomic mass is 10.1. The van der Waals surface area contributed by atoms with Crippen LogP contribution in [0.3, 0.4) is 0 Å². The van der Waals surface area contributed by atoms with Crippen molar-refractivity contribution in [2.24, 2.45) is 0 Å². The van der Waals surface area contributed by atoms with E-state index in [1.807, 2.05) is 0 Å². The third-order valence-electron chi connectivity index (χ3n) is 2.16. The van der Waals surface area contributed by atoms with Gasteiger partial charge in [-0.05, 0) is 5.56 Å². The van der Waals surface area contributed by atoms with Gasteiger partial charge in [-0.25, -0.2) is 4.98 Å². The molecule has 0 aliphatic heterocycles. The number of alkyl halides is 1. The minimum Gasteiger partial charge on any atom is -0.451 e. The Morgan fingerprint density at radius 3 is 2.56 bits per heavy atom. The number of hydrogen-bond acceptors (Lipinski definition) is 3. The smallest absolute Gasteiger partial charge is 0.260 e. The predicted molar refractivity (Wildman–Crippen MR) is 58.6 cm³/mol. The number of carbonyl (C=O) groups excluding carboxylic acids is 1. The minimum atomic E-state index is -0.911. The van der Waals surface area contributed by atoms with Crippen LogP contribution < -0.4 is 5.73 Å². The normalized spacial score (nSPS) is 12.3. The van der Waals surface area contributed by atoms with Crippen LogP contribution in [0.15, 0.2) is 41.3 Å². The summed E-state index contributed by atoms with van der Waals surface area (Å²) in [5.41, 5.74) is 9.11. The average Bonchev–Trinajstić information content (AvgIpc) is 2.81. The van der Waals surface area contributed by atoms with Crippen LogP contribution in [0.1, 0.15) is 10.9 Å². The number of halogens is 1. The number of rotatable bonds is 3. The van der Waals surface area contributed by atoms with Gasteiger partial charge in [0.1, 0.15) is 17.3 Å². The molecule has 0 aliphatic rings. The molecular formula is C11H8ClN2O2. The molecule has 1 amide bonds. The Morgan fingerprint density at radius 1 is 1.38 bits per heavy atom. The van der Waals surface area contributed by atoms with Crippen LogP contribution in [-0.2, 0) is 4.79 Å². The lowest BCUT2D eigenvalue weighted by molar-refractivity contribution is -0.118. The molecule has 0 aliphatic carbocycles. The van der Waals surface area contributed by atoms with Crippen molar-refractivity contribution in [3.8, 4) is 11.3 Å². The third kappa shape index (κ3) is 2.06. The van der Waals surface area contributed by atoms with Gasteiger partial charge in [-0.3, -0.25) is 10.5 Å². The van der Waals surface area contributed by atoms with Crippen molar-refractivity contribution < 1.29 is 9.21 Å². The van der Waals surface area contributed by atoms with Gasteiger partial charge in [-0.2, -0.15) is 0 Å². The Morgan fingerprint density at radius 2 is 2.06 bits per heavy atom. The number of nitrogens with zero attached hydrogens (tertiary/aromatic N) is 1. The summed E-state index contributed by atoms with van der Waals surface area (Å²) in [5.74, 6) is -0.809. The van der Waals surface area contributed by atoms with E-state index in [4.69, 9.17) is 21.8 Å². The molecule has 1 heterocycles. The van der Waals surface area contributed by atoms with Crippen LogP contribution in [0.2, 0.25) is 0 Å². The number of oxazole rings is 1. The van der Waals surface area contributed by atoms with Gasteiger partial charge >= 0.3 is 0 Å². The maximum atomic E-state index is 10.8. The summed E-state index contributed by atoms with van der Waals surface area (Å²) in [6.07, 6.45) is 2.88. The fourth-order valence-electron chi connectivity index (χ4n) is 1.33. The standard InChI is InChI=1S/C11H8ClN2O2/c12-10(11(13)15)8-3-1-7(2-4-8)9-5-16-6-14-9/h1-6,10,13H. The molecule has 1 radical (unpaired) electrons. The zero-order valence-corrected chi connectivity index (χ0v) is 8.94. The molecule has 1 aromatic heterocycles. The molecule has 0 fully saturated rings. The van der Waals surface area contributed by atoms with E-state index in [1.54, 1.807) is 24.3 Å². The van der Waals surface area contributed by atoms with Crippen molar-refractivity contribution in [3.05, 3.63) is 42.5 Å². The zero-order chi connectivity index (χ0) is 11.5. The van der Waals surface area contributed by atoms with Crippen LogP contribution in [0.5, 0.6) is 0 Å². The molecule has 0 saturated carbocycles. The average molecular weight is 236 g/mol. The Labute approximate surface area is 97.0 Å². The van der Waals surface area contributed by atoms with Gasteiger partial charge in [0, 0.05) is 5.56 Å². The number of benzene rings is 1. The van der Waals surface area contributed by atoms with Crippen molar-refractivity contribution >= 4 is 17.5 Å². The highest BCUT2D eigenvalue weighted by atomic mass is 35.5. The summed E-state index contributed by atoms with van der Waals surface area (Å²) >= 11 is 5.75. The highest BCUT2D eigenvalue weighted by Crippen LogP contribution is 2.24. The van der Waals surface area contributed by atoms with Crippen LogP contribution in [0.4, 0.5) is 0 Å². The van der Waals surface area contributed by atoms with E-state index < -0.39 is 11.3 Å². The molecule has 1 N–H and O–H groups in total. The van der Waals surface area contributed by atoms with Crippen molar-refractivity contribution in [2.75, 3.05) is 0 Å². The maximum absolute atomic E-state index is 10.8. The number of carbonyl (C=O) groups is 1. The molecular weight excluding hydrogens is 228 g/mol. The Bertz CT molecular complexity index is 479. The van der Waals surface area contributed by atoms with Crippen LogP contribution in [-0.4, -0.2) is 10.9 Å². The third-order valence-corrected chi connectivity index (χ3v) is 2.61. The van der Waals surface area contributed by atoms with E-state index in [2.05, 4.69) is 4.98 Å². The minimum absolute atomic E-state index is 0.605. The van der Waals surface area contributed by atoms with Crippen molar-refractivity contribution in [1.29, 1.82) is 0 Å². The van der Waals surface area contributed by atoms with E-state index in [0.717, 1.165) is 11.3 Å². The molecule has 5 heteroatoms. The second-order valence-corrected chi connectivity index (χ2v) is 3.66.